The van der Waals surface area contributed by atoms with Gasteiger partial charge < -0.3 is 5.73 Å². The molecule has 2 nitrogen and oxygen atoms in total. The van der Waals surface area contributed by atoms with Gasteiger partial charge in [-0.25, -0.2) is 0 Å². The van der Waals surface area contributed by atoms with Crippen LogP contribution in [0.2, 0.25) is 0 Å². The average Bonchev–Trinajstić information content (AvgIpc) is 2.44. The van der Waals surface area contributed by atoms with Gasteiger partial charge in [0.1, 0.15) is 0 Å². The van der Waals surface area contributed by atoms with Crippen LogP contribution in [0.4, 0.5) is 0 Å². The Balaban J connectivity index is 1.98. The van der Waals surface area contributed by atoms with E-state index in [1.807, 2.05) is 6.20 Å². The maximum absolute atomic E-state index is 6.94. The first-order chi connectivity index (χ1) is 9.13. The Morgan fingerprint density at radius 2 is 2.11 bits per heavy atom. The number of aryl methyl sites for hydroxylation is 1. The van der Waals surface area contributed by atoms with Gasteiger partial charge >= 0.3 is 0 Å². The van der Waals surface area contributed by atoms with Crippen molar-refractivity contribution in [2.75, 3.05) is 0 Å². The molecule has 1 fully saturated rings. The lowest BCUT2D eigenvalue weighted by molar-refractivity contribution is 0.107. The van der Waals surface area contributed by atoms with E-state index in [2.05, 4.69) is 26.0 Å². The molecule has 0 amide bonds. The minimum absolute atomic E-state index is 0.0405. The van der Waals surface area contributed by atoms with Crippen molar-refractivity contribution in [3.8, 4) is 0 Å². The molecule has 2 heteroatoms. The van der Waals surface area contributed by atoms with Gasteiger partial charge in [-0.05, 0) is 49.1 Å². The Hall–Kier alpha value is -0.890. The Kier molecular flexibility index (Phi) is 3.38. The molecule has 4 unspecified atom stereocenters. The lowest BCUT2D eigenvalue weighted by Gasteiger charge is -2.49. The molecule has 2 aliphatic rings. The summed E-state index contributed by atoms with van der Waals surface area (Å²) in [5.74, 6) is 1.81. The fraction of sp³-hybridized carbons (Fsp3) is 0.706. The highest BCUT2D eigenvalue weighted by Crippen LogP contribution is 2.47. The molecule has 104 valence electrons. The highest BCUT2D eigenvalue weighted by Gasteiger charge is 2.46. The van der Waals surface area contributed by atoms with Crippen molar-refractivity contribution >= 4 is 0 Å². The first kappa shape index (κ1) is 13.1. The molecule has 0 bridgehead atoms. The van der Waals surface area contributed by atoms with Gasteiger partial charge in [0.15, 0.2) is 0 Å². The molecule has 1 aromatic heterocycles. The molecule has 0 aliphatic heterocycles. The fourth-order valence-corrected chi connectivity index (χ4v) is 4.36. The molecule has 2 aliphatic carbocycles. The molecule has 2 N–H and O–H groups in total. The van der Waals surface area contributed by atoms with Crippen molar-refractivity contribution in [3.63, 3.8) is 0 Å². The maximum atomic E-state index is 6.94. The lowest BCUT2D eigenvalue weighted by atomic mass is 9.60. The third-order valence-electron chi connectivity index (χ3n) is 5.81. The van der Waals surface area contributed by atoms with Gasteiger partial charge in [-0.15, -0.1) is 0 Å². The number of nitrogens with two attached hydrogens (primary N) is 1. The summed E-state index contributed by atoms with van der Waals surface area (Å²) in [6, 6.07) is 4.31. The first-order valence-electron chi connectivity index (χ1n) is 7.85. The zero-order valence-corrected chi connectivity index (χ0v) is 12.2. The predicted octanol–water partition coefficient (Wildman–Crippen LogP) is 3.66. The van der Waals surface area contributed by atoms with Gasteiger partial charge in [0.2, 0.25) is 0 Å². The quantitative estimate of drug-likeness (QED) is 0.835. The highest BCUT2D eigenvalue weighted by atomic mass is 14.8. The molecule has 0 saturated heterocycles. The van der Waals surface area contributed by atoms with E-state index in [1.165, 1.54) is 49.8 Å². The molecule has 19 heavy (non-hydrogen) atoms. The summed E-state index contributed by atoms with van der Waals surface area (Å²) in [7, 11) is 0. The van der Waals surface area contributed by atoms with E-state index < -0.39 is 0 Å². The van der Waals surface area contributed by atoms with Gasteiger partial charge in [-0.1, -0.05) is 32.8 Å². The number of nitrogens with zero attached hydrogens (tertiary/aromatic N) is 1. The molecule has 1 saturated carbocycles. The number of pyridine rings is 1. The smallest absolute Gasteiger partial charge is 0.0484 e. The van der Waals surface area contributed by atoms with Gasteiger partial charge in [0, 0.05) is 23.3 Å². The summed E-state index contributed by atoms with van der Waals surface area (Å²) < 4.78 is 0. The van der Waals surface area contributed by atoms with Crippen LogP contribution in [0.1, 0.15) is 63.1 Å². The summed E-state index contributed by atoms with van der Waals surface area (Å²) in [5.41, 5.74) is 9.64. The van der Waals surface area contributed by atoms with Crippen LogP contribution >= 0.6 is 0 Å². The number of hydrogen-bond donors (Lipinski definition) is 1. The molecule has 1 heterocycles. The standard InChI is InChI=1S/C17H26N2/c1-12-6-4-10-17(18,13(12)2)15-9-3-7-14-8-5-11-19-16(14)15/h5,8,11-13,15H,3-4,6-7,9-10,18H2,1-2H3. The van der Waals surface area contributed by atoms with Crippen LogP contribution < -0.4 is 5.73 Å². The second-order valence-electron chi connectivity index (χ2n) is 6.76. The van der Waals surface area contributed by atoms with Crippen molar-refractivity contribution in [1.82, 2.24) is 4.98 Å². The highest BCUT2D eigenvalue weighted by molar-refractivity contribution is 5.30. The van der Waals surface area contributed by atoms with Gasteiger partial charge in [-0.2, -0.15) is 0 Å². The summed E-state index contributed by atoms with van der Waals surface area (Å²) in [4.78, 5) is 4.70. The topological polar surface area (TPSA) is 38.9 Å². The van der Waals surface area contributed by atoms with Crippen molar-refractivity contribution < 1.29 is 0 Å². The molecule has 1 aromatic rings. The Morgan fingerprint density at radius 1 is 1.26 bits per heavy atom. The van der Waals surface area contributed by atoms with Crippen LogP contribution in [0, 0.1) is 11.8 Å². The average molecular weight is 258 g/mol. The third-order valence-corrected chi connectivity index (χ3v) is 5.81. The SMILES string of the molecule is CC1CCCC(N)(C2CCCc3cccnc32)C1C. The first-order valence-corrected chi connectivity index (χ1v) is 7.85. The largest absolute Gasteiger partial charge is 0.324 e. The van der Waals surface area contributed by atoms with E-state index >= 15 is 0 Å². The van der Waals surface area contributed by atoms with Crippen LogP contribution in [0.25, 0.3) is 0 Å². The predicted molar refractivity (Wildman–Crippen MR) is 79.0 cm³/mol. The lowest BCUT2D eigenvalue weighted by Crippen LogP contribution is -2.56. The number of fused-ring (bicyclic) bond motifs is 1. The van der Waals surface area contributed by atoms with Crippen molar-refractivity contribution in [1.29, 1.82) is 0 Å². The fourth-order valence-electron chi connectivity index (χ4n) is 4.36. The van der Waals surface area contributed by atoms with E-state index in [0.717, 1.165) is 5.92 Å². The zero-order valence-electron chi connectivity index (χ0n) is 12.2. The zero-order chi connectivity index (χ0) is 13.5. The number of aromatic nitrogens is 1. The van der Waals surface area contributed by atoms with Gasteiger partial charge in [0.05, 0.1) is 0 Å². The summed E-state index contributed by atoms with van der Waals surface area (Å²) in [6.45, 7) is 4.73. The van der Waals surface area contributed by atoms with Crippen LogP contribution in [0.15, 0.2) is 18.3 Å². The Bertz CT molecular complexity index is 456. The maximum Gasteiger partial charge on any atom is 0.0484 e. The molecule has 0 spiro atoms. The molecule has 4 atom stereocenters. The Morgan fingerprint density at radius 3 is 2.95 bits per heavy atom. The van der Waals surface area contributed by atoms with Crippen LogP contribution in [0.3, 0.4) is 0 Å². The molecule has 3 rings (SSSR count). The minimum atomic E-state index is -0.0405. The van der Waals surface area contributed by atoms with Gasteiger partial charge in [0.25, 0.3) is 0 Å². The van der Waals surface area contributed by atoms with Crippen LogP contribution in [-0.4, -0.2) is 10.5 Å². The van der Waals surface area contributed by atoms with E-state index in [4.69, 9.17) is 10.7 Å². The second kappa shape index (κ2) is 4.90. The normalized spacial score (nSPS) is 38.8. The molecular formula is C17H26N2. The van der Waals surface area contributed by atoms with E-state index in [-0.39, 0.29) is 5.54 Å². The third kappa shape index (κ3) is 2.10. The number of rotatable bonds is 1. The molecular weight excluding hydrogens is 232 g/mol. The van der Waals surface area contributed by atoms with Crippen LogP contribution in [-0.2, 0) is 6.42 Å². The molecule has 0 radical (unpaired) electrons. The molecule has 0 aromatic carbocycles. The second-order valence-corrected chi connectivity index (χ2v) is 6.76. The number of hydrogen-bond acceptors (Lipinski definition) is 2. The van der Waals surface area contributed by atoms with Gasteiger partial charge in [-0.3, -0.25) is 4.98 Å². The van der Waals surface area contributed by atoms with Crippen LogP contribution in [0.5, 0.6) is 0 Å². The summed E-state index contributed by atoms with van der Waals surface area (Å²) in [6.07, 6.45) is 9.39. The summed E-state index contributed by atoms with van der Waals surface area (Å²) >= 11 is 0. The Labute approximate surface area is 116 Å². The van der Waals surface area contributed by atoms with Crippen molar-refractivity contribution in [2.24, 2.45) is 17.6 Å². The monoisotopic (exact) mass is 258 g/mol. The van der Waals surface area contributed by atoms with E-state index in [1.54, 1.807) is 0 Å². The van der Waals surface area contributed by atoms with E-state index in [9.17, 15) is 0 Å². The van der Waals surface area contributed by atoms with Crippen molar-refractivity contribution in [3.05, 3.63) is 29.6 Å². The van der Waals surface area contributed by atoms with Crippen molar-refractivity contribution in [2.45, 2.75) is 63.8 Å². The summed E-state index contributed by atoms with van der Waals surface area (Å²) in [5, 5.41) is 0. The minimum Gasteiger partial charge on any atom is -0.324 e. The van der Waals surface area contributed by atoms with E-state index in [0.29, 0.717) is 11.8 Å².